The van der Waals surface area contributed by atoms with E-state index in [2.05, 4.69) is 39.9 Å². The Kier molecular flexibility index (Phi) is 6.13. The summed E-state index contributed by atoms with van der Waals surface area (Å²) in [4.78, 5) is 0. The van der Waals surface area contributed by atoms with Gasteiger partial charge in [-0.15, -0.1) is 0 Å². The lowest BCUT2D eigenvalue weighted by Gasteiger charge is -2.09. The number of methoxy groups -OCH3 is 1. The molecular formula is C11H16BrNOS. The van der Waals surface area contributed by atoms with Gasteiger partial charge >= 0.3 is 0 Å². The van der Waals surface area contributed by atoms with Crippen LogP contribution in [0.1, 0.15) is 12.0 Å². The Morgan fingerprint density at radius 1 is 1.47 bits per heavy atom. The Morgan fingerprint density at radius 3 is 2.93 bits per heavy atom. The van der Waals surface area contributed by atoms with Gasteiger partial charge in [-0.2, -0.15) is 12.6 Å². The molecule has 1 rings (SSSR count). The van der Waals surface area contributed by atoms with E-state index in [-0.39, 0.29) is 0 Å². The maximum absolute atomic E-state index is 5.28. The smallest absolute Gasteiger partial charge is 0.123 e. The molecule has 0 aromatic heterocycles. The van der Waals surface area contributed by atoms with Crippen LogP contribution in [0.5, 0.6) is 5.75 Å². The van der Waals surface area contributed by atoms with Gasteiger partial charge in [0.25, 0.3) is 0 Å². The molecule has 0 unspecified atom stereocenters. The molecule has 0 bridgehead atoms. The van der Waals surface area contributed by atoms with Gasteiger partial charge in [0.15, 0.2) is 0 Å². The summed E-state index contributed by atoms with van der Waals surface area (Å²) in [5, 5.41) is 3.35. The van der Waals surface area contributed by atoms with Crippen LogP contribution in [0.3, 0.4) is 0 Å². The van der Waals surface area contributed by atoms with E-state index in [1.807, 2.05) is 12.1 Å². The molecule has 0 aliphatic heterocycles. The second kappa shape index (κ2) is 7.14. The monoisotopic (exact) mass is 289 g/mol. The summed E-state index contributed by atoms with van der Waals surface area (Å²) in [5.41, 5.74) is 1.17. The van der Waals surface area contributed by atoms with Gasteiger partial charge in [-0.05, 0) is 36.9 Å². The first-order valence-electron chi connectivity index (χ1n) is 4.92. The van der Waals surface area contributed by atoms with Gasteiger partial charge in [-0.1, -0.05) is 15.9 Å². The number of hydrogen-bond acceptors (Lipinski definition) is 3. The van der Waals surface area contributed by atoms with Gasteiger partial charge in [0.2, 0.25) is 0 Å². The second-order valence-electron chi connectivity index (χ2n) is 3.21. The van der Waals surface area contributed by atoms with Gasteiger partial charge in [0, 0.05) is 16.6 Å². The number of hydrogen-bond donors (Lipinski definition) is 2. The zero-order valence-electron chi connectivity index (χ0n) is 8.79. The maximum atomic E-state index is 5.28. The van der Waals surface area contributed by atoms with Crippen molar-refractivity contribution in [1.29, 1.82) is 0 Å². The number of nitrogens with one attached hydrogen (secondary N) is 1. The minimum atomic E-state index is 0.830. The second-order valence-corrected chi connectivity index (χ2v) is 4.57. The lowest BCUT2D eigenvalue weighted by Crippen LogP contribution is -2.15. The summed E-state index contributed by atoms with van der Waals surface area (Å²) in [6, 6.07) is 6.03. The maximum Gasteiger partial charge on any atom is 0.123 e. The molecule has 15 heavy (non-hydrogen) atoms. The molecule has 0 amide bonds. The van der Waals surface area contributed by atoms with Crippen LogP contribution >= 0.6 is 28.6 Å². The van der Waals surface area contributed by atoms with Crippen LogP contribution in [-0.4, -0.2) is 19.4 Å². The normalized spacial score (nSPS) is 10.3. The molecule has 0 radical (unpaired) electrons. The molecule has 0 saturated heterocycles. The van der Waals surface area contributed by atoms with E-state index in [0.717, 1.165) is 35.5 Å². The summed E-state index contributed by atoms with van der Waals surface area (Å²) in [6.07, 6.45) is 1.08. The van der Waals surface area contributed by atoms with Crippen molar-refractivity contribution in [3.05, 3.63) is 28.2 Å². The molecule has 84 valence electrons. The van der Waals surface area contributed by atoms with Gasteiger partial charge < -0.3 is 10.1 Å². The van der Waals surface area contributed by atoms with Crippen LogP contribution in [0.4, 0.5) is 0 Å². The molecule has 0 fully saturated rings. The Balaban J connectivity index is 2.54. The minimum absolute atomic E-state index is 0.830. The van der Waals surface area contributed by atoms with Crippen LogP contribution in [0.15, 0.2) is 22.7 Å². The molecule has 1 N–H and O–H groups in total. The highest BCUT2D eigenvalue weighted by molar-refractivity contribution is 9.10. The molecule has 1 aromatic carbocycles. The predicted molar refractivity (Wildman–Crippen MR) is 70.9 cm³/mol. The Labute approximate surface area is 105 Å². The van der Waals surface area contributed by atoms with Crippen molar-refractivity contribution >= 4 is 28.6 Å². The first kappa shape index (κ1) is 12.9. The number of ether oxygens (including phenoxy) is 1. The third-order valence-corrected chi connectivity index (χ3v) is 2.88. The number of rotatable bonds is 6. The SMILES string of the molecule is COc1ccc(Br)cc1CNCCCS. The summed E-state index contributed by atoms with van der Waals surface area (Å²) in [5.74, 6) is 1.85. The van der Waals surface area contributed by atoms with Gasteiger partial charge in [0.1, 0.15) is 5.75 Å². The van der Waals surface area contributed by atoms with Crippen LogP contribution in [0.25, 0.3) is 0 Å². The predicted octanol–water partition coefficient (Wildman–Crippen LogP) is 2.87. The van der Waals surface area contributed by atoms with Crippen LogP contribution in [-0.2, 0) is 6.54 Å². The van der Waals surface area contributed by atoms with Gasteiger partial charge in [-0.3, -0.25) is 0 Å². The largest absolute Gasteiger partial charge is 0.496 e. The zero-order chi connectivity index (χ0) is 11.1. The van der Waals surface area contributed by atoms with Crippen molar-refractivity contribution in [2.45, 2.75) is 13.0 Å². The zero-order valence-corrected chi connectivity index (χ0v) is 11.3. The average molecular weight is 290 g/mol. The average Bonchev–Trinajstić information content (AvgIpc) is 2.25. The highest BCUT2D eigenvalue weighted by atomic mass is 79.9. The number of thiol groups is 1. The van der Waals surface area contributed by atoms with E-state index < -0.39 is 0 Å². The fourth-order valence-corrected chi connectivity index (χ4v) is 1.88. The van der Waals surface area contributed by atoms with E-state index in [4.69, 9.17) is 4.74 Å². The summed E-state index contributed by atoms with van der Waals surface area (Å²) >= 11 is 7.62. The van der Waals surface area contributed by atoms with Crippen molar-refractivity contribution in [2.24, 2.45) is 0 Å². The minimum Gasteiger partial charge on any atom is -0.496 e. The summed E-state index contributed by atoms with van der Waals surface area (Å²) in [7, 11) is 1.69. The van der Waals surface area contributed by atoms with E-state index >= 15 is 0 Å². The Morgan fingerprint density at radius 2 is 2.27 bits per heavy atom. The van der Waals surface area contributed by atoms with Crippen LogP contribution in [0.2, 0.25) is 0 Å². The van der Waals surface area contributed by atoms with Crippen molar-refractivity contribution in [3.8, 4) is 5.75 Å². The fourth-order valence-electron chi connectivity index (χ4n) is 1.31. The molecule has 0 aliphatic carbocycles. The van der Waals surface area contributed by atoms with Gasteiger partial charge in [0.05, 0.1) is 7.11 Å². The van der Waals surface area contributed by atoms with E-state index in [1.54, 1.807) is 7.11 Å². The highest BCUT2D eigenvalue weighted by Gasteiger charge is 2.02. The molecule has 2 nitrogen and oxygen atoms in total. The molecule has 1 aromatic rings. The van der Waals surface area contributed by atoms with Crippen molar-refractivity contribution in [2.75, 3.05) is 19.4 Å². The Hall–Kier alpha value is -0.190. The van der Waals surface area contributed by atoms with Crippen molar-refractivity contribution in [1.82, 2.24) is 5.32 Å². The first-order valence-corrected chi connectivity index (χ1v) is 6.34. The fraction of sp³-hybridized carbons (Fsp3) is 0.455. The third-order valence-electron chi connectivity index (χ3n) is 2.07. The Bertz CT molecular complexity index is 307. The molecule has 0 saturated carbocycles. The standard InChI is InChI=1S/C11H16BrNOS/c1-14-11-4-3-10(12)7-9(11)8-13-5-2-6-15/h3-4,7,13,15H,2,5-6,8H2,1H3. The summed E-state index contributed by atoms with van der Waals surface area (Å²) < 4.78 is 6.36. The number of halogens is 1. The lowest BCUT2D eigenvalue weighted by molar-refractivity contribution is 0.407. The lowest BCUT2D eigenvalue weighted by atomic mass is 10.2. The van der Waals surface area contributed by atoms with Gasteiger partial charge in [-0.25, -0.2) is 0 Å². The first-order chi connectivity index (χ1) is 7.27. The van der Waals surface area contributed by atoms with Crippen molar-refractivity contribution in [3.63, 3.8) is 0 Å². The van der Waals surface area contributed by atoms with E-state index in [1.165, 1.54) is 5.56 Å². The van der Waals surface area contributed by atoms with E-state index in [0.29, 0.717) is 0 Å². The van der Waals surface area contributed by atoms with Crippen molar-refractivity contribution < 1.29 is 4.74 Å². The molecule has 0 heterocycles. The van der Waals surface area contributed by atoms with Crippen LogP contribution in [0, 0.1) is 0 Å². The topological polar surface area (TPSA) is 21.3 Å². The third kappa shape index (κ3) is 4.45. The molecule has 4 heteroatoms. The molecule has 0 aliphatic rings. The number of benzene rings is 1. The quantitative estimate of drug-likeness (QED) is 0.621. The summed E-state index contributed by atoms with van der Waals surface area (Å²) in [6.45, 7) is 1.82. The molecule has 0 atom stereocenters. The molecular weight excluding hydrogens is 274 g/mol. The van der Waals surface area contributed by atoms with E-state index in [9.17, 15) is 0 Å². The molecule has 0 spiro atoms. The van der Waals surface area contributed by atoms with Crippen LogP contribution < -0.4 is 10.1 Å². The highest BCUT2D eigenvalue weighted by Crippen LogP contribution is 2.22.